The van der Waals surface area contributed by atoms with Gasteiger partial charge in [0.2, 0.25) is 15.9 Å². The monoisotopic (exact) mass is 284 g/mol. The molecule has 1 aromatic rings. The zero-order chi connectivity index (χ0) is 14.0. The molecule has 0 aromatic heterocycles. The summed E-state index contributed by atoms with van der Waals surface area (Å²) < 4.78 is 26.1. The van der Waals surface area contributed by atoms with Gasteiger partial charge in [0.1, 0.15) is 4.90 Å². The van der Waals surface area contributed by atoms with Crippen LogP contribution in [-0.2, 0) is 14.8 Å². The molecule has 1 fully saturated rings. The van der Waals surface area contributed by atoms with Crippen LogP contribution in [0.1, 0.15) is 6.42 Å². The molecule has 1 aliphatic rings. The summed E-state index contributed by atoms with van der Waals surface area (Å²) >= 11 is 0. The molecule has 8 heteroatoms. The van der Waals surface area contributed by atoms with Gasteiger partial charge in [0.15, 0.2) is 0 Å². The molecule has 1 unspecified atom stereocenters. The summed E-state index contributed by atoms with van der Waals surface area (Å²) in [5.74, 6) is -0.0500. The quantitative estimate of drug-likeness (QED) is 0.555. The first-order valence-corrected chi connectivity index (χ1v) is 7.27. The number of rotatable bonds is 4. The fourth-order valence-electron chi connectivity index (χ4n) is 1.92. The summed E-state index contributed by atoms with van der Waals surface area (Å²) in [6.07, 6.45) is 0.323. The predicted octanol–water partition coefficient (Wildman–Crippen LogP) is -0.523. The highest BCUT2D eigenvalue weighted by Crippen LogP contribution is 2.25. The Kier molecular flexibility index (Phi) is 3.63. The van der Waals surface area contributed by atoms with Crippen molar-refractivity contribution in [2.45, 2.75) is 17.4 Å². The first-order chi connectivity index (χ1) is 8.92. The van der Waals surface area contributed by atoms with E-state index in [2.05, 4.69) is 15.4 Å². The molecule has 1 amide bonds. The summed E-state index contributed by atoms with van der Waals surface area (Å²) in [6, 6.07) is 4.48. The number of nitrogens with one attached hydrogen (secondary N) is 3. The van der Waals surface area contributed by atoms with Crippen molar-refractivity contribution in [2.24, 2.45) is 0 Å². The van der Waals surface area contributed by atoms with E-state index in [4.69, 9.17) is 5.73 Å². The van der Waals surface area contributed by atoms with Gasteiger partial charge in [0.25, 0.3) is 0 Å². The van der Waals surface area contributed by atoms with Crippen molar-refractivity contribution in [3.63, 3.8) is 0 Å². The Morgan fingerprint density at radius 1 is 1.42 bits per heavy atom. The number of carbonyl (C=O) groups excluding carboxylic acids is 1. The fourth-order valence-corrected chi connectivity index (χ4v) is 2.85. The third-order valence-corrected chi connectivity index (χ3v) is 4.36. The van der Waals surface area contributed by atoms with Crippen molar-refractivity contribution in [2.75, 3.05) is 24.6 Å². The number of hydrogen-bond acceptors (Lipinski definition) is 5. The zero-order valence-electron chi connectivity index (χ0n) is 10.4. The third-order valence-electron chi connectivity index (χ3n) is 2.90. The first-order valence-electron chi connectivity index (χ1n) is 5.78. The minimum absolute atomic E-state index is 0.0500. The van der Waals surface area contributed by atoms with Gasteiger partial charge in [-0.2, -0.15) is 0 Å². The average Bonchev–Trinajstić information content (AvgIpc) is 2.77. The number of benzene rings is 1. The molecule has 1 aromatic carbocycles. The van der Waals surface area contributed by atoms with Crippen molar-refractivity contribution in [1.29, 1.82) is 0 Å². The molecule has 1 aliphatic heterocycles. The largest absolute Gasteiger partial charge is 0.399 e. The van der Waals surface area contributed by atoms with Gasteiger partial charge in [-0.1, -0.05) is 0 Å². The van der Waals surface area contributed by atoms with E-state index in [1.807, 2.05) is 0 Å². The SMILES string of the molecule is CNS(=O)(=O)c1cc(N)ccc1NC1CNC(=O)C1. The zero-order valence-corrected chi connectivity index (χ0v) is 11.3. The van der Waals surface area contributed by atoms with Crippen LogP contribution in [0.25, 0.3) is 0 Å². The summed E-state index contributed by atoms with van der Waals surface area (Å²) in [6.45, 7) is 0.474. The van der Waals surface area contributed by atoms with E-state index < -0.39 is 10.0 Å². The predicted molar refractivity (Wildman–Crippen MR) is 72.1 cm³/mol. The minimum atomic E-state index is -3.60. The summed E-state index contributed by atoms with van der Waals surface area (Å²) in [4.78, 5) is 11.2. The minimum Gasteiger partial charge on any atom is -0.399 e. The fraction of sp³-hybridized carbons (Fsp3) is 0.364. The maximum atomic E-state index is 11.9. The number of hydrogen-bond donors (Lipinski definition) is 4. The topological polar surface area (TPSA) is 113 Å². The molecule has 0 saturated carbocycles. The van der Waals surface area contributed by atoms with E-state index in [0.29, 0.717) is 24.3 Å². The molecule has 1 saturated heterocycles. The Labute approximate surface area is 111 Å². The number of nitrogens with two attached hydrogens (primary N) is 1. The maximum Gasteiger partial charge on any atom is 0.242 e. The lowest BCUT2D eigenvalue weighted by Crippen LogP contribution is -2.25. The molecule has 7 nitrogen and oxygen atoms in total. The third kappa shape index (κ3) is 2.96. The van der Waals surface area contributed by atoms with Crippen LogP contribution in [0.15, 0.2) is 23.1 Å². The van der Waals surface area contributed by atoms with Crippen LogP contribution in [0.3, 0.4) is 0 Å². The highest BCUT2D eigenvalue weighted by molar-refractivity contribution is 7.89. The van der Waals surface area contributed by atoms with Crippen LogP contribution >= 0.6 is 0 Å². The lowest BCUT2D eigenvalue weighted by Gasteiger charge is -2.16. The van der Waals surface area contributed by atoms with E-state index in [0.717, 1.165) is 0 Å². The second-order valence-electron chi connectivity index (χ2n) is 4.31. The number of amides is 1. The van der Waals surface area contributed by atoms with Crippen LogP contribution in [0.4, 0.5) is 11.4 Å². The van der Waals surface area contributed by atoms with Gasteiger partial charge in [-0.3, -0.25) is 4.79 Å². The van der Waals surface area contributed by atoms with E-state index >= 15 is 0 Å². The highest BCUT2D eigenvalue weighted by atomic mass is 32.2. The molecule has 0 spiro atoms. The van der Waals surface area contributed by atoms with Crippen molar-refractivity contribution in [1.82, 2.24) is 10.0 Å². The molecular weight excluding hydrogens is 268 g/mol. The lowest BCUT2D eigenvalue weighted by atomic mass is 10.2. The highest BCUT2D eigenvalue weighted by Gasteiger charge is 2.24. The second kappa shape index (κ2) is 5.06. The molecule has 104 valence electrons. The van der Waals surface area contributed by atoms with Gasteiger partial charge in [-0.05, 0) is 25.2 Å². The molecular formula is C11H16N4O3S. The molecule has 5 N–H and O–H groups in total. The van der Waals surface area contributed by atoms with Crippen LogP contribution < -0.4 is 21.1 Å². The first kappa shape index (κ1) is 13.6. The summed E-state index contributed by atoms with van der Waals surface area (Å²) in [5, 5.41) is 5.73. The summed E-state index contributed by atoms with van der Waals surface area (Å²) in [5.41, 5.74) is 6.42. The van der Waals surface area contributed by atoms with Crippen LogP contribution in [0, 0.1) is 0 Å². The van der Waals surface area contributed by atoms with Crippen molar-refractivity contribution in [3.8, 4) is 0 Å². The smallest absolute Gasteiger partial charge is 0.242 e. The number of carbonyl (C=O) groups is 1. The lowest BCUT2D eigenvalue weighted by molar-refractivity contribution is -0.119. The van der Waals surface area contributed by atoms with Gasteiger partial charge < -0.3 is 16.4 Å². The van der Waals surface area contributed by atoms with Gasteiger partial charge in [0.05, 0.1) is 11.7 Å². The number of anilines is 2. The normalized spacial score (nSPS) is 19.2. The standard InChI is InChI=1S/C11H16N4O3S/c1-13-19(17,18)10-4-7(12)2-3-9(10)15-8-5-11(16)14-6-8/h2-4,8,13,15H,5-6,12H2,1H3,(H,14,16). The molecule has 0 aliphatic carbocycles. The van der Waals surface area contributed by atoms with Crippen molar-refractivity contribution >= 4 is 27.3 Å². The van der Waals surface area contributed by atoms with E-state index in [1.54, 1.807) is 12.1 Å². The van der Waals surface area contributed by atoms with Gasteiger partial charge in [-0.15, -0.1) is 0 Å². The molecule has 0 bridgehead atoms. The van der Waals surface area contributed by atoms with Crippen molar-refractivity contribution in [3.05, 3.63) is 18.2 Å². The Morgan fingerprint density at radius 3 is 2.74 bits per heavy atom. The number of nitrogen functional groups attached to an aromatic ring is 1. The maximum absolute atomic E-state index is 11.9. The Bertz CT molecular complexity index is 600. The Morgan fingerprint density at radius 2 is 2.16 bits per heavy atom. The Balaban J connectivity index is 2.32. The van der Waals surface area contributed by atoms with Crippen molar-refractivity contribution < 1.29 is 13.2 Å². The molecule has 1 atom stereocenters. The van der Waals surface area contributed by atoms with Crippen LogP contribution in [-0.4, -0.2) is 34.0 Å². The Hall–Kier alpha value is -1.80. The molecule has 0 radical (unpaired) electrons. The van der Waals surface area contributed by atoms with E-state index in [9.17, 15) is 13.2 Å². The van der Waals surface area contributed by atoms with Crippen LogP contribution in [0.2, 0.25) is 0 Å². The van der Waals surface area contributed by atoms with Gasteiger partial charge in [-0.25, -0.2) is 13.1 Å². The van der Waals surface area contributed by atoms with E-state index in [-0.39, 0.29) is 16.8 Å². The van der Waals surface area contributed by atoms with Gasteiger partial charge in [0, 0.05) is 18.7 Å². The van der Waals surface area contributed by atoms with Crippen LogP contribution in [0.5, 0.6) is 0 Å². The second-order valence-corrected chi connectivity index (χ2v) is 6.17. The van der Waals surface area contributed by atoms with Gasteiger partial charge >= 0.3 is 0 Å². The number of sulfonamides is 1. The molecule has 1 heterocycles. The van der Waals surface area contributed by atoms with E-state index in [1.165, 1.54) is 13.1 Å². The molecule has 2 rings (SSSR count). The average molecular weight is 284 g/mol. The molecule has 19 heavy (non-hydrogen) atoms. The summed E-state index contributed by atoms with van der Waals surface area (Å²) in [7, 11) is -2.27.